The number of aryl methyl sites for hydroxylation is 1. The Labute approximate surface area is 125 Å². The van der Waals surface area contributed by atoms with Crippen LogP contribution in [0.3, 0.4) is 0 Å². The Balaban J connectivity index is 2.36. The molecule has 116 valence electrons. The highest BCUT2D eigenvalue weighted by Crippen LogP contribution is 2.20. The number of fused-ring (bicyclic) bond motifs is 1. The number of nitrogens with one attached hydrogen (secondary N) is 1. The van der Waals surface area contributed by atoms with Crippen LogP contribution in [0.25, 0.3) is 11.0 Å². The van der Waals surface area contributed by atoms with E-state index in [1.165, 1.54) is 0 Å². The minimum Gasteiger partial charge on any atom is -0.395 e. The molecule has 0 aliphatic rings. The summed E-state index contributed by atoms with van der Waals surface area (Å²) in [6.45, 7) is 8.39. The third kappa shape index (κ3) is 3.48. The van der Waals surface area contributed by atoms with Gasteiger partial charge < -0.3 is 10.4 Å². The first-order chi connectivity index (χ1) is 10.1. The van der Waals surface area contributed by atoms with E-state index >= 15 is 0 Å². The van der Waals surface area contributed by atoms with Crippen molar-refractivity contribution in [2.45, 2.75) is 33.4 Å². The monoisotopic (exact) mass is 292 g/mol. The number of aliphatic hydroxyl groups is 1. The van der Waals surface area contributed by atoms with Crippen LogP contribution in [0.15, 0.2) is 6.20 Å². The van der Waals surface area contributed by atoms with E-state index in [2.05, 4.69) is 39.1 Å². The van der Waals surface area contributed by atoms with Crippen molar-refractivity contribution in [1.82, 2.24) is 24.6 Å². The third-order valence-electron chi connectivity index (χ3n) is 3.44. The van der Waals surface area contributed by atoms with Crippen LogP contribution >= 0.6 is 0 Å². The van der Waals surface area contributed by atoms with Gasteiger partial charge in [0.05, 0.1) is 24.7 Å². The zero-order valence-electron chi connectivity index (χ0n) is 13.2. The van der Waals surface area contributed by atoms with Gasteiger partial charge in [-0.1, -0.05) is 0 Å². The van der Waals surface area contributed by atoms with Gasteiger partial charge in [-0.25, -0.2) is 9.97 Å². The standard InChI is InChI=1S/C14H24N6O/c1-5-15-13-11-8-16-19(4)14(11)18-12(17-13)9-20(6-7-21)10(2)3/h8,10,21H,5-7,9H2,1-4H3,(H,15,17,18). The molecule has 2 heterocycles. The lowest BCUT2D eigenvalue weighted by Crippen LogP contribution is -2.33. The molecule has 0 aliphatic heterocycles. The van der Waals surface area contributed by atoms with E-state index in [1.54, 1.807) is 10.9 Å². The van der Waals surface area contributed by atoms with Crippen molar-refractivity contribution >= 4 is 16.9 Å². The topological polar surface area (TPSA) is 79.1 Å². The van der Waals surface area contributed by atoms with Gasteiger partial charge in [0.1, 0.15) is 11.6 Å². The summed E-state index contributed by atoms with van der Waals surface area (Å²) >= 11 is 0. The quantitative estimate of drug-likeness (QED) is 0.792. The average molecular weight is 292 g/mol. The van der Waals surface area contributed by atoms with Crippen LogP contribution in [0, 0.1) is 0 Å². The Morgan fingerprint density at radius 2 is 2.14 bits per heavy atom. The Bertz CT molecular complexity index is 594. The van der Waals surface area contributed by atoms with E-state index < -0.39 is 0 Å². The summed E-state index contributed by atoms with van der Waals surface area (Å²) in [4.78, 5) is 11.4. The lowest BCUT2D eigenvalue weighted by Gasteiger charge is -2.24. The number of nitrogens with zero attached hydrogens (tertiary/aromatic N) is 5. The van der Waals surface area contributed by atoms with Crippen LogP contribution in [0.4, 0.5) is 5.82 Å². The molecule has 2 aromatic rings. The Kier molecular flexibility index (Phi) is 5.08. The van der Waals surface area contributed by atoms with E-state index in [4.69, 9.17) is 0 Å². The number of hydrogen-bond acceptors (Lipinski definition) is 6. The summed E-state index contributed by atoms with van der Waals surface area (Å²) < 4.78 is 1.76. The molecule has 0 unspecified atom stereocenters. The fraction of sp³-hybridized carbons (Fsp3) is 0.643. The molecular formula is C14H24N6O. The number of aliphatic hydroxyl groups excluding tert-OH is 1. The molecular weight excluding hydrogens is 268 g/mol. The molecule has 7 nitrogen and oxygen atoms in total. The molecule has 0 fully saturated rings. The summed E-state index contributed by atoms with van der Waals surface area (Å²) in [6, 6.07) is 0.325. The van der Waals surface area contributed by atoms with Gasteiger partial charge in [-0.15, -0.1) is 0 Å². The maximum absolute atomic E-state index is 9.18. The zero-order chi connectivity index (χ0) is 15.4. The first kappa shape index (κ1) is 15.7. The van der Waals surface area contributed by atoms with Crippen molar-refractivity contribution in [3.05, 3.63) is 12.0 Å². The number of rotatable bonds is 7. The smallest absolute Gasteiger partial charge is 0.163 e. The molecule has 21 heavy (non-hydrogen) atoms. The normalized spacial score (nSPS) is 11.8. The second kappa shape index (κ2) is 6.82. The second-order valence-corrected chi connectivity index (χ2v) is 5.31. The summed E-state index contributed by atoms with van der Waals surface area (Å²) in [6.07, 6.45) is 1.78. The summed E-state index contributed by atoms with van der Waals surface area (Å²) in [5.74, 6) is 1.56. The molecule has 0 spiro atoms. The van der Waals surface area contributed by atoms with Crippen LogP contribution in [-0.4, -0.2) is 55.5 Å². The highest BCUT2D eigenvalue weighted by molar-refractivity contribution is 5.86. The number of hydrogen-bond donors (Lipinski definition) is 2. The predicted octanol–water partition coefficient (Wildman–Crippen LogP) is 0.998. The second-order valence-electron chi connectivity index (χ2n) is 5.31. The van der Waals surface area contributed by atoms with Gasteiger partial charge in [-0.05, 0) is 20.8 Å². The van der Waals surface area contributed by atoms with Gasteiger partial charge in [-0.2, -0.15) is 5.10 Å². The highest BCUT2D eigenvalue weighted by atomic mass is 16.3. The van der Waals surface area contributed by atoms with Crippen molar-refractivity contribution in [3.8, 4) is 0 Å². The summed E-state index contributed by atoms with van der Waals surface area (Å²) in [5.41, 5.74) is 0.823. The number of anilines is 1. The maximum atomic E-state index is 9.18. The van der Waals surface area contributed by atoms with E-state index in [9.17, 15) is 5.11 Å². The Morgan fingerprint density at radius 3 is 2.76 bits per heavy atom. The van der Waals surface area contributed by atoms with Crippen molar-refractivity contribution < 1.29 is 5.11 Å². The molecule has 0 aromatic carbocycles. The largest absolute Gasteiger partial charge is 0.395 e. The number of aromatic nitrogens is 4. The van der Waals surface area contributed by atoms with Gasteiger partial charge in [-0.3, -0.25) is 9.58 Å². The molecule has 0 radical (unpaired) electrons. The molecule has 2 aromatic heterocycles. The first-order valence-electron chi connectivity index (χ1n) is 7.34. The van der Waals surface area contributed by atoms with Crippen LogP contribution in [0.5, 0.6) is 0 Å². The zero-order valence-corrected chi connectivity index (χ0v) is 13.2. The van der Waals surface area contributed by atoms with E-state index in [-0.39, 0.29) is 6.61 Å². The molecule has 0 bridgehead atoms. The van der Waals surface area contributed by atoms with Crippen molar-refractivity contribution in [2.24, 2.45) is 7.05 Å². The van der Waals surface area contributed by atoms with E-state index in [1.807, 2.05) is 14.0 Å². The SMILES string of the molecule is CCNc1nc(CN(CCO)C(C)C)nc2c1cnn2C. The van der Waals surface area contributed by atoms with Gasteiger partial charge in [0.15, 0.2) is 5.65 Å². The molecule has 0 atom stereocenters. The fourth-order valence-corrected chi connectivity index (χ4v) is 2.27. The van der Waals surface area contributed by atoms with Gasteiger partial charge in [0, 0.05) is 26.2 Å². The molecule has 0 aliphatic carbocycles. The molecule has 0 amide bonds. The molecule has 7 heteroatoms. The molecule has 2 N–H and O–H groups in total. The lowest BCUT2D eigenvalue weighted by atomic mass is 10.3. The Morgan fingerprint density at radius 1 is 1.38 bits per heavy atom. The third-order valence-corrected chi connectivity index (χ3v) is 3.44. The predicted molar refractivity (Wildman–Crippen MR) is 83.1 cm³/mol. The van der Waals surface area contributed by atoms with Crippen molar-refractivity contribution in [3.63, 3.8) is 0 Å². The lowest BCUT2D eigenvalue weighted by molar-refractivity contribution is 0.156. The molecule has 2 rings (SSSR count). The minimum absolute atomic E-state index is 0.131. The summed E-state index contributed by atoms with van der Waals surface area (Å²) in [7, 11) is 1.88. The van der Waals surface area contributed by atoms with Crippen LogP contribution in [0.2, 0.25) is 0 Å². The first-order valence-corrected chi connectivity index (χ1v) is 7.34. The fourth-order valence-electron chi connectivity index (χ4n) is 2.27. The van der Waals surface area contributed by atoms with Crippen molar-refractivity contribution in [1.29, 1.82) is 0 Å². The Hall–Kier alpha value is -1.73. The van der Waals surface area contributed by atoms with E-state index in [0.717, 1.165) is 29.2 Å². The van der Waals surface area contributed by atoms with Crippen LogP contribution < -0.4 is 5.32 Å². The molecule has 0 saturated heterocycles. The van der Waals surface area contributed by atoms with Crippen LogP contribution in [-0.2, 0) is 13.6 Å². The summed E-state index contributed by atoms with van der Waals surface area (Å²) in [5, 5.41) is 17.6. The van der Waals surface area contributed by atoms with E-state index in [0.29, 0.717) is 19.1 Å². The van der Waals surface area contributed by atoms with Crippen LogP contribution in [0.1, 0.15) is 26.6 Å². The van der Waals surface area contributed by atoms with Crippen molar-refractivity contribution in [2.75, 3.05) is 25.0 Å². The molecule has 0 saturated carbocycles. The van der Waals surface area contributed by atoms with Gasteiger partial charge >= 0.3 is 0 Å². The highest BCUT2D eigenvalue weighted by Gasteiger charge is 2.15. The average Bonchev–Trinajstić information content (AvgIpc) is 2.81. The maximum Gasteiger partial charge on any atom is 0.163 e. The minimum atomic E-state index is 0.131. The van der Waals surface area contributed by atoms with Gasteiger partial charge in [0.25, 0.3) is 0 Å². The van der Waals surface area contributed by atoms with Gasteiger partial charge in [0.2, 0.25) is 0 Å².